The van der Waals surface area contributed by atoms with E-state index in [2.05, 4.69) is 27.7 Å². The molecular formula is C10H18O. The lowest BCUT2D eigenvalue weighted by Gasteiger charge is -2.26. The van der Waals surface area contributed by atoms with E-state index in [1.54, 1.807) is 0 Å². The molecule has 1 heteroatoms. The van der Waals surface area contributed by atoms with E-state index in [4.69, 9.17) is 4.74 Å². The molecule has 1 atom stereocenters. The van der Waals surface area contributed by atoms with E-state index in [-0.39, 0.29) is 5.41 Å². The van der Waals surface area contributed by atoms with Crippen LogP contribution >= 0.6 is 0 Å². The van der Waals surface area contributed by atoms with E-state index >= 15 is 0 Å². The third-order valence-electron chi connectivity index (χ3n) is 2.27. The summed E-state index contributed by atoms with van der Waals surface area (Å²) in [6.45, 7) is 8.86. The molecule has 1 rings (SSSR count). The van der Waals surface area contributed by atoms with Crippen LogP contribution in [0.25, 0.3) is 0 Å². The average Bonchev–Trinajstić information content (AvgIpc) is 2.32. The van der Waals surface area contributed by atoms with Gasteiger partial charge in [-0.15, -0.1) is 0 Å². The molecule has 1 aliphatic rings. The van der Waals surface area contributed by atoms with Crippen molar-refractivity contribution in [1.29, 1.82) is 0 Å². The van der Waals surface area contributed by atoms with Crippen LogP contribution in [-0.4, -0.2) is 6.10 Å². The van der Waals surface area contributed by atoms with E-state index in [0.717, 1.165) is 12.8 Å². The molecule has 11 heavy (non-hydrogen) atoms. The highest BCUT2D eigenvalue weighted by Crippen LogP contribution is 2.32. The van der Waals surface area contributed by atoms with Crippen LogP contribution in [0.1, 0.15) is 40.5 Å². The first kappa shape index (κ1) is 8.63. The van der Waals surface area contributed by atoms with Crippen molar-refractivity contribution in [3.8, 4) is 0 Å². The Morgan fingerprint density at radius 3 is 2.45 bits per heavy atom. The van der Waals surface area contributed by atoms with Crippen molar-refractivity contribution in [3.05, 3.63) is 11.8 Å². The molecule has 0 saturated heterocycles. The molecule has 0 aromatic rings. The van der Waals surface area contributed by atoms with Crippen molar-refractivity contribution in [1.82, 2.24) is 0 Å². The van der Waals surface area contributed by atoms with Crippen LogP contribution in [0.4, 0.5) is 0 Å². The maximum Gasteiger partial charge on any atom is 0.106 e. The summed E-state index contributed by atoms with van der Waals surface area (Å²) >= 11 is 0. The van der Waals surface area contributed by atoms with Crippen LogP contribution in [0, 0.1) is 5.41 Å². The van der Waals surface area contributed by atoms with Gasteiger partial charge in [-0.3, -0.25) is 0 Å². The molecule has 0 aromatic heterocycles. The fourth-order valence-electron chi connectivity index (χ4n) is 1.25. The molecule has 0 radical (unpaired) electrons. The van der Waals surface area contributed by atoms with Crippen molar-refractivity contribution in [2.24, 2.45) is 5.41 Å². The van der Waals surface area contributed by atoms with Gasteiger partial charge in [-0.05, 0) is 17.4 Å². The van der Waals surface area contributed by atoms with Crippen LogP contribution in [0.2, 0.25) is 0 Å². The Hall–Kier alpha value is -0.460. The van der Waals surface area contributed by atoms with Crippen molar-refractivity contribution in [2.75, 3.05) is 0 Å². The van der Waals surface area contributed by atoms with Crippen molar-refractivity contribution in [2.45, 2.75) is 46.6 Å². The second kappa shape index (κ2) is 2.88. The van der Waals surface area contributed by atoms with Crippen molar-refractivity contribution in [3.63, 3.8) is 0 Å². The lowest BCUT2D eigenvalue weighted by atomic mass is 9.86. The van der Waals surface area contributed by atoms with Gasteiger partial charge in [-0.2, -0.15) is 0 Å². The molecule has 1 aliphatic heterocycles. The lowest BCUT2D eigenvalue weighted by molar-refractivity contribution is 0.0658. The van der Waals surface area contributed by atoms with Gasteiger partial charge in [0, 0.05) is 6.42 Å². The Bertz CT molecular complexity index is 162. The van der Waals surface area contributed by atoms with Gasteiger partial charge in [0.25, 0.3) is 0 Å². The third kappa shape index (κ3) is 1.98. The molecule has 1 heterocycles. The highest BCUT2D eigenvalue weighted by atomic mass is 16.5. The Balaban J connectivity index is 2.48. The van der Waals surface area contributed by atoms with Gasteiger partial charge >= 0.3 is 0 Å². The zero-order valence-electron chi connectivity index (χ0n) is 7.98. The molecule has 0 aromatic carbocycles. The standard InChI is InChI=1S/C10H18O/c1-5-8-6-9(11-7-8)10(2,3)4/h7,9H,5-6H2,1-4H3. The summed E-state index contributed by atoms with van der Waals surface area (Å²) in [5.74, 6) is 0. The Morgan fingerprint density at radius 1 is 1.55 bits per heavy atom. The Kier molecular flexibility index (Phi) is 2.26. The topological polar surface area (TPSA) is 9.23 Å². The van der Waals surface area contributed by atoms with Crippen LogP contribution in [0.3, 0.4) is 0 Å². The van der Waals surface area contributed by atoms with Gasteiger partial charge in [0.15, 0.2) is 0 Å². The second-order valence-corrected chi connectivity index (χ2v) is 4.32. The molecule has 1 unspecified atom stereocenters. The van der Waals surface area contributed by atoms with Crippen LogP contribution in [-0.2, 0) is 4.74 Å². The van der Waals surface area contributed by atoms with Crippen molar-refractivity contribution >= 4 is 0 Å². The molecule has 0 spiro atoms. The first-order valence-corrected chi connectivity index (χ1v) is 4.37. The highest BCUT2D eigenvalue weighted by molar-refractivity contribution is 5.06. The maximum atomic E-state index is 5.56. The van der Waals surface area contributed by atoms with Gasteiger partial charge in [0.2, 0.25) is 0 Å². The van der Waals surface area contributed by atoms with Crippen LogP contribution in [0.5, 0.6) is 0 Å². The average molecular weight is 154 g/mol. The third-order valence-corrected chi connectivity index (χ3v) is 2.27. The first-order valence-electron chi connectivity index (χ1n) is 4.37. The number of rotatable bonds is 1. The number of ether oxygens (including phenoxy) is 1. The molecule has 64 valence electrons. The number of hydrogen-bond donors (Lipinski definition) is 0. The first-order chi connectivity index (χ1) is 5.04. The molecule has 0 amide bonds. The maximum absolute atomic E-state index is 5.56. The van der Waals surface area contributed by atoms with Gasteiger partial charge in [0.1, 0.15) is 6.10 Å². The summed E-state index contributed by atoms with van der Waals surface area (Å²) in [5.41, 5.74) is 1.73. The molecule has 0 N–H and O–H groups in total. The summed E-state index contributed by atoms with van der Waals surface area (Å²) < 4.78 is 5.56. The Labute approximate surface area is 69.4 Å². The molecule has 1 nitrogen and oxygen atoms in total. The van der Waals surface area contributed by atoms with Gasteiger partial charge in [-0.1, -0.05) is 27.7 Å². The molecule has 0 bridgehead atoms. The molecule has 0 fully saturated rings. The predicted molar refractivity (Wildman–Crippen MR) is 47.3 cm³/mol. The zero-order valence-corrected chi connectivity index (χ0v) is 7.98. The lowest BCUT2D eigenvalue weighted by Crippen LogP contribution is -2.25. The van der Waals surface area contributed by atoms with Gasteiger partial charge < -0.3 is 4.74 Å². The number of hydrogen-bond acceptors (Lipinski definition) is 1. The van der Waals surface area contributed by atoms with E-state index in [0.29, 0.717) is 6.10 Å². The quantitative estimate of drug-likeness (QED) is 0.564. The molecular weight excluding hydrogens is 136 g/mol. The minimum atomic E-state index is 0.285. The highest BCUT2D eigenvalue weighted by Gasteiger charge is 2.29. The summed E-state index contributed by atoms with van der Waals surface area (Å²) in [5, 5.41) is 0. The fraction of sp³-hybridized carbons (Fsp3) is 0.800. The minimum Gasteiger partial charge on any atom is -0.497 e. The van der Waals surface area contributed by atoms with E-state index < -0.39 is 0 Å². The summed E-state index contributed by atoms with van der Waals surface area (Å²) in [6, 6.07) is 0. The van der Waals surface area contributed by atoms with Gasteiger partial charge in [-0.25, -0.2) is 0 Å². The summed E-state index contributed by atoms with van der Waals surface area (Å²) in [7, 11) is 0. The summed E-state index contributed by atoms with van der Waals surface area (Å²) in [6.07, 6.45) is 4.60. The molecule has 0 aliphatic carbocycles. The SMILES string of the molecule is CCC1=COC(C(C)(C)C)C1. The molecule has 0 saturated carbocycles. The van der Waals surface area contributed by atoms with E-state index in [9.17, 15) is 0 Å². The van der Waals surface area contributed by atoms with Crippen molar-refractivity contribution < 1.29 is 4.74 Å². The van der Waals surface area contributed by atoms with Crippen LogP contribution in [0.15, 0.2) is 11.8 Å². The zero-order chi connectivity index (χ0) is 8.48. The normalized spacial score (nSPS) is 24.7. The fourth-order valence-corrected chi connectivity index (χ4v) is 1.25. The van der Waals surface area contributed by atoms with E-state index in [1.165, 1.54) is 5.57 Å². The predicted octanol–water partition coefficient (Wildman–Crippen LogP) is 3.12. The summed E-state index contributed by atoms with van der Waals surface area (Å²) in [4.78, 5) is 0. The smallest absolute Gasteiger partial charge is 0.106 e. The second-order valence-electron chi connectivity index (χ2n) is 4.32. The largest absolute Gasteiger partial charge is 0.497 e. The minimum absolute atomic E-state index is 0.285. The Morgan fingerprint density at radius 2 is 2.18 bits per heavy atom. The van der Waals surface area contributed by atoms with Gasteiger partial charge in [0.05, 0.1) is 6.26 Å². The van der Waals surface area contributed by atoms with Crippen LogP contribution < -0.4 is 0 Å². The monoisotopic (exact) mass is 154 g/mol. The van der Waals surface area contributed by atoms with E-state index in [1.807, 2.05) is 6.26 Å².